The summed E-state index contributed by atoms with van der Waals surface area (Å²) in [7, 11) is -0.901. The lowest BCUT2D eigenvalue weighted by atomic mass is 10.6. The van der Waals surface area contributed by atoms with Crippen molar-refractivity contribution in [2.75, 3.05) is 13.2 Å². The number of hydrogen-bond donors (Lipinski definition) is 0. The van der Waals surface area contributed by atoms with Crippen LogP contribution in [0.2, 0.25) is 0 Å². The molecule has 0 rings (SSSR count). The monoisotopic (exact) mass is 226 g/mol. The second-order valence-electron chi connectivity index (χ2n) is 1.79. The van der Waals surface area contributed by atoms with Crippen molar-refractivity contribution in [1.82, 2.24) is 0 Å². The Morgan fingerprint density at radius 3 is 1.82 bits per heavy atom. The molecule has 5 heteroatoms. The average molecular weight is 227 g/mol. The zero-order chi connectivity index (χ0) is 8.36. The van der Waals surface area contributed by atoms with Crippen LogP contribution < -0.4 is 0 Å². The molecule has 0 bridgehead atoms. The predicted octanol–water partition coefficient (Wildman–Crippen LogP) is 0.676. The Kier molecular flexibility index (Phi) is 10.9. The van der Waals surface area contributed by atoms with Crippen LogP contribution in [0.25, 0.3) is 0 Å². The van der Waals surface area contributed by atoms with Gasteiger partial charge in [-0.05, 0) is 0 Å². The second-order valence-corrected chi connectivity index (χ2v) is 5.20. The normalized spacial score (nSPS) is 14.0. The van der Waals surface area contributed by atoms with E-state index in [1.54, 1.807) is 0 Å². The van der Waals surface area contributed by atoms with Crippen LogP contribution in [0.1, 0.15) is 0 Å². The van der Waals surface area contributed by atoms with E-state index >= 15 is 0 Å². The van der Waals surface area contributed by atoms with Crippen molar-refractivity contribution in [3.63, 3.8) is 0 Å². The van der Waals surface area contributed by atoms with Crippen molar-refractivity contribution in [1.29, 1.82) is 0 Å². The molecule has 0 radical (unpaired) electrons. The van der Waals surface area contributed by atoms with Crippen molar-refractivity contribution in [2.45, 2.75) is 0 Å². The first-order valence-corrected chi connectivity index (χ1v) is 9.32. The van der Waals surface area contributed by atoms with E-state index in [-0.39, 0.29) is 0 Å². The molecule has 0 aliphatic carbocycles. The molecular weight excluding hydrogens is 215 g/mol. The highest BCUT2D eigenvalue weighted by molar-refractivity contribution is 6.96. The predicted molar refractivity (Wildman–Crippen MR) is 57.9 cm³/mol. The first kappa shape index (κ1) is 11.5. The van der Waals surface area contributed by atoms with E-state index in [1.165, 1.54) is 0 Å². The Hall–Kier alpha value is 0.454. The van der Waals surface area contributed by atoms with Gasteiger partial charge in [0.15, 0.2) is 0 Å². The van der Waals surface area contributed by atoms with Crippen LogP contribution in [-0.4, -0.2) is 30.9 Å². The quantitative estimate of drug-likeness (QED) is 0.368. The summed E-state index contributed by atoms with van der Waals surface area (Å²) in [6, 6.07) is 0. The molecule has 0 unspecified atom stereocenters. The summed E-state index contributed by atoms with van der Waals surface area (Å²) in [5, 5.41) is 0. The number of hydrogen-bond acceptors (Lipinski definition) is 1. The van der Waals surface area contributed by atoms with Gasteiger partial charge in [-0.25, -0.2) is 0 Å². The van der Waals surface area contributed by atoms with E-state index in [4.69, 9.17) is 26.9 Å². The van der Waals surface area contributed by atoms with Crippen molar-refractivity contribution >= 4 is 39.8 Å². The van der Waals surface area contributed by atoms with Gasteiger partial charge >= 0.3 is 0 Å². The molecule has 0 saturated heterocycles. The largest absolute Gasteiger partial charge is 0.373 e. The van der Waals surface area contributed by atoms with E-state index in [2.05, 4.69) is 0 Å². The molecule has 0 saturated carbocycles. The topological polar surface area (TPSA) is 9.23 Å². The molecule has 0 amide bonds. The van der Waals surface area contributed by atoms with Gasteiger partial charge in [0.2, 0.25) is 0 Å². The number of ether oxygens (including phenoxy) is 1. The summed E-state index contributed by atoms with van der Waals surface area (Å²) >= 11 is 11.1. The molecule has 0 heterocycles. The van der Waals surface area contributed by atoms with Crippen LogP contribution >= 0.6 is 22.2 Å². The third kappa shape index (κ3) is 10.5. The standard InChI is InChI=1S/C6H12Cl2OSi2/c7-10-5-1-3-9-4-2-6-11-8/h1-2,5-6H,3-4,10-11H2. The first-order chi connectivity index (χ1) is 5.41. The van der Waals surface area contributed by atoms with E-state index in [0.29, 0.717) is 13.2 Å². The van der Waals surface area contributed by atoms with Gasteiger partial charge < -0.3 is 4.74 Å². The minimum Gasteiger partial charge on any atom is -0.373 e. The van der Waals surface area contributed by atoms with Gasteiger partial charge in [-0.2, -0.15) is 22.2 Å². The molecule has 11 heavy (non-hydrogen) atoms. The molecule has 1 nitrogen and oxygen atoms in total. The molecule has 0 atom stereocenters. The van der Waals surface area contributed by atoms with Crippen molar-refractivity contribution < 1.29 is 4.74 Å². The van der Waals surface area contributed by atoms with Crippen LogP contribution in [-0.2, 0) is 4.74 Å². The van der Waals surface area contributed by atoms with Gasteiger partial charge in [0.25, 0.3) is 0 Å². The van der Waals surface area contributed by atoms with Crippen LogP contribution in [0.3, 0.4) is 0 Å². The third-order valence-electron chi connectivity index (χ3n) is 0.940. The van der Waals surface area contributed by atoms with Crippen LogP contribution in [0.15, 0.2) is 23.6 Å². The summed E-state index contributed by atoms with van der Waals surface area (Å²) in [5.41, 5.74) is 4.00. The minimum atomic E-state index is -0.450. The van der Waals surface area contributed by atoms with E-state index in [0.717, 1.165) is 0 Å². The molecule has 0 aromatic heterocycles. The molecule has 0 spiro atoms. The fourth-order valence-electron chi connectivity index (χ4n) is 0.466. The minimum absolute atomic E-state index is 0.450. The van der Waals surface area contributed by atoms with Crippen LogP contribution in [0.5, 0.6) is 0 Å². The molecule has 0 fully saturated rings. The summed E-state index contributed by atoms with van der Waals surface area (Å²) in [6.07, 6.45) is 3.93. The Morgan fingerprint density at radius 1 is 1.00 bits per heavy atom. The Balaban J connectivity index is 3.02. The maximum absolute atomic E-state index is 5.53. The fraction of sp³-hybridized carbons (Fsp3) is 0.333. The second kappa shape index (κ2) is 10.5. The van der Waals surface area contributed by atoms with Gasteiger partial charge in [-0.15, -0.1) is 0 Å². The highest BCUT2D eigenvalue weighted by Gasteiger charge is 1.77. The van der Waals surface area contributed by atoms with Gasteiger partial charge in [-0.1, -0.05) is 23.6 Å². The molecule has 0 aliphatic rings. The van der Waals surface area contributed by atoms with E-state index < -0.39 is 17.7 Å². The van der Waals surface area contributed by atoms with Gasteiger partial charge in [0.05, 0.1) is 13.2 Å². The molecule has 0 aliphatic heterocycles. The van der Waals surface area contributed by atoms with Crippen LogP contribution in [0.4, 0.5) is 0 Å². The molecule has 0 aromatic carbocycles. The van der Waals surface area contributed by atoms with Crippen molar-refractivity contribution in [3.8, 4) is 0 Å². The number of halogens is 2. The summed E-state index contributed by atoms with van der Waals surface area (Å²) in [6.45, 7) is 1.32. The zero-order valence-electron chi connectivity index (χ0n) is 6.30. The van der Waals surface area contributed by atoms with Crippen LogP contribution in [0, 0.1) is 0 Å². The third-order valence-corrected chi connectivity index (χ3v) is 3.03. The first-order valence-electron chi connectivity index (χ1n) is 3.41. The lowest BCUT2D eigenvalue weighted by molar-refractivity contribution is 0.194. The van der Waals surface area contributed by atoms with E-state index in [9.17, 15) is 0 Å². The fourth-order valence-corrected chi connectivity index (χ4v) is 1.75. The maximum Gasteiger partial charge on any atom is 0.148 e. The number of rotatable bonds is 6. The van der Waals surface area contributed by atoms with Gasteiger partial charge in [0, 0.05) is 0 Å². The lowest BCUT2D eigenvalue weighted by Crippen LogP contribution is -1.90. The van der Waals surface area contributed by atoms with E-state index in [1.807, 2.05) is 23.6 Å². The maximum atomic E-state index is 5.53. The SMILES string of the molecule is Cl[SiH2]C=CCOCC=C[SiH2]Cl. The highest BCUT2D eigenvalue weighted by atomic mass is 35.6. The smallest absolute Gasteiger partial charge is 0.148 e. The average Bonchev–Trinajstić information content (AvgIpc) is 2.03. The molecule has 0 aromatic rings. The Labute approximate surface area is 81.5 Å². The molecular formula is C6H12Cl2OSi2. The zero-order valence-corrected chi connectivity index (χ0v) is 10.6. The van der Waals surface area contributed by atoms with Gasteiger partial charge in [-0.3, -0.25) is 0 Å². The summed E-state index contributed by atoms with van der Waals surface area (Å²) < 4.78 is 5.19. The Bertz CT molecular complexity index is 114. The summed E-state index contributed by atoms with van der Waals surface area (Å²) in [4.78, 5) is 0. The summed E-state index contributed by atoms with van der Waals surface area (Å²) in [5.74, 6) is 0. The van der Waals surface area contributed by atoms with Crippen molar-refractivity contribution in [2.24, 2.45) is 0 Å². The van der Waals surface area contributed by atoms with Crippen molar-refractivity contribution in [3.05, 3.63) is 23.6 Å². The lowest BCUT2D eigenvalue weighted by Gasteiger charge is -1.92. The van der Waals surface area contributed by atoms with Gasteiger partial charge in [0.1, 0.15) is 17.7 Å². The molecule has 64 valence electrons. The highest BCUT2D eigenvalue weighted by Crippen LogP contribution is 1.81. The Morgan fingerprint density at radius 2 is 1.45 bits per heavy atom. The molecule has 0 N–H and O–H groups in total.